The summed E-state index contributed by atoms with van der Waals surface area (Å²) in [7, 11) is 0. The summed E-state index contributed by atoms with van der Waals surface area (Å²) in [6.07, 6.45) is -1.24. The van der Waals surface area contributed by atoms with E-state index in [0.29, 0.717) is 24.4 Å². The van der Waals surface area contributed by atoms with Gasteiger partial charge in [0.15, 0.2) is 0 Å². The Bertz CT molecular complexity index is 802. The van der Waals surface area contributed by atoms with E-state index in [1.807, 2.05) is 6.92 Å². The lowest BCUT2D eigenvalue weighted by Gasteiger charge is -2.32. The molecule has 0 saturated carbocycles. The summed E-state index contributed by atoms with van der Waals surface area (Å²) >= 11 is 0. The first-order valence-electron chi connectivity index (χ1n) is 7.96. The molecule has 1 heterocycles. The second-order valence-corrected chi connectivity index (χ2v) is 6.23. The molecule has 1 unspecified atom stereocenters. The van der Waals surface area contributed by atoms with Gasteiger partial charge < -0.3 is 14.8 Å². The first kappa shape index (κ1) is 18.3. The van der Waals surface area contributed by atoms with Crippen molar-refractivity contribution in [2.45, 2.75) is 25.4 Å². The average molecular weight is 367 g/mol. The third kappa shape index (κ3) is 4.76. The fraction of sp³-hybridized carbons (Fsp3) is 0.263. The molecular formula is C19H17F4NO2. The zero-order chi connectivity index (χ0) is 18.8. The van der Waals surface area contributed by atoms with Gasteiger partial charge in [0, 0.05) is 18.7 Å². The van der Waals surface area contributed by atoms with Gasteiger partial charge in [-0.05, 0) is 48.9 Å². The van der Waals surface area contributed by atoms with E-state index < -0.39 is 12.0 Å². The Balaban J connectivity index is 1.61. The van der Waals surface area contributed by atoms with Gasteiger partial charge in [0.05, 0.1) is 0 Å². The lowest BCUT2D eigenvalue weighted by atomic mass is 10.00. The van der Waals surface area contributed by atoms with Gasteiger partial charge in [0.1, 0.15) is 22.9 Å². The number of hydrogen-bond acceptors (Lipinski definition) is 3. The van der Waals surface area contributed by atoms with Crippen molar-refractivity contribution in [2.75, 3.05) is 6.54 Å². The molecule has 2 aromatic carbocycles. The largest absolute Gasteiger partial charge is 0.573 e. The van der Waals surface area contributed by atoms with E-state index in [-0.39, 0.29) is 11.6 Å². The summed E-state index contributed by atoms with van der Waals surface area (Å²) < 4.78 is 59.6. The Kier molecular flexibility index (Phi) is 4.91. The van der Waals surface area contributed by atoms with Crippen LogP contribution < -0.4 is 14.8 Å². The molecule has 7 heteroatoms. The van der Waals surface area contributed by atoms with Crippen LogP contribution >= 0.6 is 0 Å². The number of hydrogen-bond donors (Lipinski definition) is 1. The van der Waals surface area contributed by atoms with E-state index in [4.69, 9.17) is 4.74 Å². The van der Waals surface area contributed by atoms with Crippen LogP contribution in [0.5, 0.6) is 11.5 Å². The second-order valence-electron chi connectivity index (χ2n) is 6.23. The van der Waals surface area contributed by atoms with Crippen molar-refractivity contribution < 1.29 is 27.0 Å². The van der Waals surface area contributed by atoms with Gasteiger partial charge in [0.2, 0.25) is 0 Å². The highest BCUT2D eigenvalue weighted by molar-refractivity contribution is 5.63. The van der Waals surface area contributed by atoms with Crippen LogP contribution in [0.15, 0.2) is 48.5 Å². The maximum atomic E-state index is 12.9. The van der Waals surface area contributed by atoms with Crippen molar-refractivity contribution in [3.8, 4) is 11.5 Å². The summed E-state index contributed by atoms with van der Waals surface area (Å²) in [5, 5.41) is 3.23. The fourth-order valence-electron chi connectivity index (χ4n) is 2.65. The number of alkyl halides is 3. The Hall–Kier alpha value is -2.54. The van der Waals surface area contributed by atoms with Crippen LogP contribution in [0.25, 0.3) is 6.08 Å². The molecule has 0 aliphatic carbocycles. The monoisotopic (exact) mass is 367 g/mol. The van der Waals surface area contributed by atoms with Crippen molar-refractivity contribution in [2.24, 2.45) is 0 Å². The highest BCUT2D eigenvalue weighted by atomic mass is 19.4. The molecule has 0 spiro atoms. The molecule has 0 aromatic heterocycles. The fourth-order valence-corrected chi connectivity index (χ4v) is 2.65. The minimum Gasteiger partial charge on any atom is -0.482 e. The molecule has 0 fully saturated rings. The molecule has 0 radical (unpaired) electrons. The van der Waals surface area contributed by atoms with Crippen molar-refractivity contribution >= 4 is 6.08 Å². The Morgan fingerprint density at radius 1 is 1.12 bits per heavy atom. The minimum atomic E-state index is -4.73. The number of nitrogens with one attached hydrogen (secondary N) is 1. The predicted molar refractivity (Wildman–Crippen MR) is 89.3 cm³/mol. The summed E-state index contributed by atoms with van der Waals surface area (Å²) in [5.74, 6) is -0.0969. The van der Waals surface area contributed by atoms with Crippen LogP contribution in [0.1, 0.15) is 18.1 Å². The van der Waals surface area contributed by atoms with Crippen molar-refractivity contribution in [3.05, 3.63) is 65.5 Å². The summed E-state index contributed by atoms with van der Waals surface area (Å²) in [6.45, 7) is 2.88. The Morgan fingerprint density at radius 2 is 1.85 bits per heavy atom. The molecule has 1 aliphatic heterocycles. The molecule has 138 valence electrons. The van der Waals surface area contributed by atoms with Gasteiger partial charge in [-0.15, -0.1) is 13.2 Å². The van der Waals surface area contributed by atoms with Crippen LogP contribution in [-0.2, 0) is 6.54 Å². The second kappa shape index (κ2) is 6.99. The SMILES string of the molecule is CC1(CNCc2ccc(F)cc2)C=Cc2cc(OC(F)(F)F)ccc2O1. The lowest BCUT2D eigenvalue weighted by Crippen LogP contribution is -2.42. The topological polar surface area (TPSA) is 30.5 Å². The van der Waals surface area contributed by atoms with Crippen LogP contribution in [-0.4, -0.2) is 18.5 Å². The van der Waals surface area contributed by atoms with Gasteiger partial charge in [-0.2, -0.15) is 0 Å². The molecule has 0 saturated heterocycles. The molecule has 3 nitrogen and oxygen atoms in total. The summed E-state index contributed by atoms with van der Waals surface area (Å²) in [6, 6.07) is 10.1. The predicted octanol–water partition coefficient (Wildman–Crippen LogP) is 4.68. The normalized spacial score (nSPS) is 19.0. The smallest absolute Gasteiger partial charge is 0.482 e. The van der Waals surface area contributed by atoms with Crippen LogP contribution in [0.2, 0.25) is 0 Å². The van der Waals surface area contributed by atoms with Gasteiger partial charge in [0.25, 0.3) is 0 Å². The quantitative estimate of drug-likeness (QED) is 0.779. The van der Waals surface area contributed by atoms with Gasteiger partial charge in [-0.25, -0.2) is 4.39 Å². The zero-order valence-corrected chi connectivity index (χ0v) is 13.9. The maximum Gasteiger partial charge on any atom is 0.573 e. The zero-order valence-electron chi connectivity index (χ0n) is 13.9. The van der Waals surface area contributed by atoms with Gasteiger partial charge >= 0.3 is 6.36 Å². The standard InChI is InChI=1S/C19H17F4NO2/c1-18(12-24-11-13-2-4-15(20)5-3-13)9-8-14-10-16(25-19(21,22)23)6-7-17(14)26-18/h2-10,24H,11-12H2,1H3. The maximum absolute atomic E-state index is 12.9. The number of benzene rings is 2. The van der Waals surface area contributed by atoms with Gasteiger partial charge in [-0.1, -0.05) is 18.2 Å². The number of halogens is 4. The summed E-state index contributed by atoms with van der Waals surface area (Å²) in [5.41, 5.74) is 0.797. The van der Waals surface area contributed by atoms with Crippen LogP contribution in [0, 0.1) is 5.82 Å². The van der Waals surface area contributed by atoms with E-state index in [2.05, 4.69) is 10.1 Å². The van der Waals surface area contributed by atoms with E-state index in [1.54, 1.807) is 24.3 Å². The molecule has 2 aromatic rings. The lowest BCUT2D eigenvalue weighted by molar-refractivity contribution is -0.274. The molecule has 1 aliphatic rings. The molecular weight excluding hydrogens is 350 g/mol. The molecule has 0 bridgehead atoms. The molecule has 26 heavy (non-hydrogen) atoms. The first-order valence-corrected chi connectivity index (χ1v) is 7.96. The third-order valence-electron chi connectivity index (χ3n) is 3.89. The highest BCUT2D eigenvalue weighted by Gasteiger charge is 2.32. The number of ether oxygens (including phenoxy) is 2. The van der Waals surface area contributed by atoms with Crippen LogP contribution in [0.4, 0.5) is 17.6 Å². The molecule has 1 atom stereocenters. The molecule has 1 N–H and O–H groups in total. The minimum absolute atomic E-state index is 0.287. The first-order chi connectivity index (χ1) is 12.2. The van der Waals surface area contributed by atoms with E-state index in [1.165, 1.54) is 30.3 Å². The van der Waals surface area contributed by atoms with Crippen molar-refractivity contribution in [3.63, 3.8) is 0 Å². The van der Waals surface area contributed by atoms with E-state index in [9.17, 15) is 17.6 Å². The van der Waals surface area contributed by atoms with E-state index >= 15 is 0 Å². The van der Waals surface area contributed by atoms with Crippen molar-refractivity contribution in [1.82, 2.24) is 5.32 Å². The molecule has 0 amide bonds. The van der Waals surface area contributed by atoms with Crippen molar-refractivity contribution in [1.29, 1.82) is 0 Å². The van der Waals surface area contributed by atoms with Gasteiger partial charge in [-0.3, -0.25) is 0 Å². The molecule has 3 rings (SSSR count). The Morgan fingerprint density at radius 3 is 2.54 bits per heavy atom. The number of rotatable bonds is 5. The number of fused-ring (bicyclic) bond motifs is 1. The Labute approximate surface area is 148 Å². The average Bonchev–Trinajstić information content (AvgIpc) is 2.55. The summed E-state index contributed by atoms with van der Waals surface area (Å²) in [4.78, 5) is 0. The van der Waals surface area contributed by atoms with E-state index in [0.717, 1.165) is 5.56 Å². The highest BCUT2D eigenvalue weighted by Crippen LogP contribution is 2.34. The van der Waals surface area contributed by atoms with Crippen LogP contribution in [0.3, 0.4) is 0 Å². The third-order valence-corrected chi connectivity index (χ3v) is 3.89.